The van der Waals surface area contributed by atoms with E-state index in [0.29, 0.717) is 6.42 Å². The lowest BCUT2D eigenvalue weighted by Gasteiger charge is -2.27. The fraction of sp³-hybridized carbons (Fsp3) is 0.800. The van der Waals surface area contributed by atoms with Crippen LogP contribution in [0.25, 0.3) is 0 Å². The second-order valence-corrected chi connectivity index (χ2v) is 3.85. The maximum atomic E-state index is 10.4. The monoisotopic (exact) mass is 170 g/mol. The maximum Gasteiger partial charge on any atom is 0.122 e. The van der Waals surface area contributed by atoms with Gasteiger partial charge in [-0.15, -0.1) is 0 Å². The minimum absolute atomic E-state index is 0.0159. The summed E-state index contributed by atoms with van der Waals surface area (Å²) in [6, 6.07) is 0. The molecule has 0 bridgehead atoms. The summed E-state index contributed by atoms with van der Waals surface area (Å²) >= 11 is 0. The Morgan fingerprint density at radius 3 is 2.33 bits per heavy atom. The molecule has 2 heteroatoms. The smallest absolute Gasteiger partial charge is 0.122 e. The molecule has 0 aliphatic carbocycles. The highest BCUT2D eigenvalue weighted by atomic mass is 16.1. The van der Waals surface area contributed by atoms with E-state index in [9.17, 15) is 9.59 Å². The third kappa shape index (κ3) is 3.65. The minimum atomic E-state index is 0.0159. The van der Waals surface area contributed by atoms with E-state index in [-0.39, 0.29) is 11.3 Å². The number of rotatable bonds is 6. The van der Waals surface area contributed by atoms with Crippen molar-refractivity contribution in [2.75, 3.05) is 0 Å². The van der Waals surface area contributed by atoms with Gasteiger partial charge >= 0.3 is 0 Å². The summed E-state index contributed by atoms with van der Waals surface area (Å²) in [5, 5.41) is 0. The SMILES string of the molecule is CCC(C)(CC=O)CC(C)C=O. The molecule has 70 valence electrons. The van der Waals surface area contributed by atoms with E-state index in [1.165, 1.54) is 0 Å². The second kappa shape index (κ2) is 5.07. The van der Waals surface area contributed by atoms with Gasteiger partial charge in [-0.2, -0.15) is 0 Å². The molecule has 0 aromatic heterocycles. The number of carbonyl (C=O) groups is 2. The van der Waals surface area contributed by atoms with E-state index in [1.54, 1.807) is 0 Å². The Labute approximate surface area is 74.3 Å². The quantitative estimate of drug-likeness (QED) is 0.573. The van der Waals surface area contributed by atoms with Gasteiger partial charge < -0.3 is 9.59 Å². The molecule has 0 fully saturated rings. The Morgan fingerprint density at radius 2 is 2.00 bits per heavy atom. The van der Waals surface area contributed by atoms with Gasteiger partial charge in [-0.3, -0.25) is 0 Å². The first-order valence-corrected chi connectivity index (χ1v) is 4.47. The van der Waals surface area contributed by atoms with Crippen LogP contribution < -0.4 is 0 Å². The molecule has 0 rings (SSSR count). The first kappa shape index (κ1) is 11.3. The van der Waals surface area contributed by atoms with Crippen molar-refractivity contribution in [3.8, 4) is 0 Å². The molecule has 0 spiro atoms. The van der Waals surface area contributed by atoms with Gasteiger partial charge in [-0.25, -0.2) is 0 Å². The first-order valence-electron chi connectivity index (χ1n) is 4.47. The van der Waals surface area contributed by atoms with Crippen molar-refractivity contribution in [1.82, 2.24) is 0 Å². The van der Waals surface area contributed by atoms with Crippen molar-refractivity contribution in [3.05, 3.63) is 0 Å². The van der Waals surface area contributed by atoms with E-state index in [1.807, 2.05) is 6.92 Å². The predicted octanol–water partition coefficient (Wildman–Crippen LogP) is 2.22. The third-order valence-electron chi connectivity index (χ3n) is 2.48. The van der Waals surface area contributed by atoms with Crippen LogP contribution in [0.5, 0.6) is 0 Å². The number of hydrogen-bond donors (Lipinski definition) is 0. The van der Waals surface area contributed by atoms with Crippen LogP contribution in [-0.2, 0) is 9.59 Å². The highest BCUT2D eigenvalue weighted by Gasteiger charge is 2.23. The van der Waals surface area contributed by atoms with Gasteiger partial charge in [0.15, 0.2) is 0 Å². The van der Waals surface area contributed by atoms with Gasteiger partial charge in [0, 0.05) is 12.3 Å². The largest absolute Gasteiger partial charge is 0.303 e. The minimum Gasteiger partial charge on any atom is -0.303 e. The van der Waals surface area contributed by atoms with E-state index >= 15 is 0 Å². The first-order chi connectivity index (χ1) is 5.58. The van der Waals surface area contributed by atoms with E-state index in [4.69, 9.17) is 0 Å². The van der Waals surface area contributed by atoms with Crippen LogP contribution >= 0.6 is 0 Å². The lowest BCUT2D eigenvalue weighted by atomic mass is 9.77. The van der Waals surface area contributed by atoms with Crippen molar-refractivity contribution < 1.29 is 9.59 Å². The Hall–Kier alpha value is -0.660. The average molecular weight is 170 g/mol. The lowest BCUT2D eigenvalue weighted by molar-refractivity contribution is -0.113. The summed E-state index contributed by atoms with van der Waals surface area (Å²) in [4.78, 5) is 20.8. The van der Waals surface area contributed by atoms with Gasteiger partial charge in [0.1, 0.15) is 12.6 Å². The summed E-state index contributed by atoms with van der Waals surface area (Å²) in [6.07, 6.45) is 4.22. The van der Waals surface area contributed by atoms with Crippen molar-refractivity contribution in [2.24, 2.45) is 11.3 Å². The topological polar surface area (TPSA) is 34.1 Å². The van der Waals surface area contributed by atoms with Gasteiger partial charge in [0.25, 0.3) is 0 Å². The molecule has 0 radical (unpaired) electrons. The second-order valence-electron chi connectivity index (χ2n) is 3.85. The van der Waals surface area contributed by atoms with E-state index in [0.717, 1.165) is 25.4 Å². The molecule has 0 amide bonds. The Balaban J connectivity index is 4.11. The Kier molecular flexibility index (Phi) is 4.79. The molecule has 0 aromatic rings. The molecule has 0 saturated carbocycles. The zero-order valence-electron chi connectivity index (χ0n) is 8.17. The summed E-state index contributed by atoms with van der Waals surface area (Å²) in [5.74, 6) is 0.0647. The molecule has 0 saturated heterocycles. The van der Waals surface area contributed by atoms with Crippen LogP contribution in [-0.4, -0.2) is 12.6 Å². The fourth-order valence-corrected chi connectivity index (χ4v) is 1.40. The molecule has 2 unspecified atom stereocenters. The molecule has 0 aliphatic heterocycles. The predicted molar refractivity (Wildman–Crippen MR) is 48.9 cm³/mol. The molecule has 0 N–H and O–H groups in total. The summed E-state index contributed by atoms with van der Waals surface area (Å²) in [7, 11) is 0. The lowest BCUT2D eigenvalue weighted by Crippen LogP contribution is -2.19. The van der Waals surface area contributed by atoms with Gasteiger partial charge in [-0.1, -0.05) is 27.2 Å². The maximum absolute atomic E-state index is 10.4. The molecule has 0 aliphatic rings. The molecular formula is C10H18O2. The van der Waals surface area contributed by atoms with Crippen molar-refractivity contribution in [2.45, 2.75) is 40.0 Å². The zero-order chi connectivity index (χ0) is 9.61. The molecule has 2 atom stereocenters. The molecular weight excluding hydrogens is 152 g/mol. The molecule has 0 heterocycles. The molecule has 2 nitrogen and oxygen atoms in total. The standard InChI is InChI=1S/C10H18O2/c1-4-10(3,5-6-11)7-9(2)8-12/h6,8-9H,4-5,7H2,1-3H3. The van der Waals surface area contributed by atoms with Gasteiger partial charge in [-0.05, 0) is 11.8 Å². The highest BCUT2D eigenvalue weighted by Crippen LogP contribution is 2.31. The normalized spacial score (nSPS) is 17.9. The number of hydrogen-bond acceptors (Lipinski definition) is 2. The number of aldehydes is 2. The van der Waals surface area contributed by atoms with Gasteiger partial charge in [0.05, 0.1) is 0 Å². The van der Waals surface area contributed by atoms with Crippen molar-refractivity contribution in [3.63, 3.8) is 0 Å². The van der Waals surface area contributed by atoms with Crippen molar-refractivity contribution >= 4 is 12.6 Å². The molecule has 12 heavy (non-hydrogen) atoms. The van der Waals surface area contributed by atoms with E-state index < -0.39 is 0 Å². The van der Waals surface area contributed by atoms with Crippen LogP contribution in [0.1, 0.15) is 40.0 Å². The molecule has 0 aromatic carbocycles. The van der Waals surface area contributed by atoms with Crippen LogP contribution in [0.2, 0.25) is 0 Å². The summed E-state index contributed by atoms with van der Waals surface area (Å²) in [6.45, 7) is 6.01. The van der Waals surface area contributed by atoms with E-state index in [2.05, 4.69) is 13.8 Å². The zero-order valence-corrected chi connectivity index (χ0v) is 8.17. The van der Waals surface area contributed by atoms with Crippen LogP contribution in [0.15, 0.2) is 0 Å². The van der Waals surface area contributed by atoms with Crippen LogP contribution in [0, 0.1) is 11.3 Å². The fourth-order valence-electron chi connectivity index (χ4n) is 1.40. The van der Waals surface area contributed by atoms with Gasteiger partial charge in [0.2, 0.25) is 0 Å². The van der Waals surface area contributed by atoms with Crippen molar-refractivity contribution in [1.29, 1.82) is 0 Å². The summed E-state index contributed by atoms with van der Waals surface area (Å²) < 4.78 is 0. The third-order valence-corrected chi connectivity index (χ3v) is 2.48. The summed E-state index contributed by atoms with van der Waals surface area (Å²) in [5.41, 5.74) is 0.0159. The van der Waals surface area contributed by atoms with Crippen LogP contribution in [0.4, 0.5) is 0 Å². The Morgan fingerprint density at radius 1 is 1.42 bits per heavy atom. The Bertz CT molecular complexity index is 154. The van der Waals surface area contributed by atoms with Crippen LogP contribution in [0.3, 0.4) is 0 Å². The number of carbonyl (C=O) groups excluding carboxylic acids is 2. The highest BCUT2D eigenvalue weighted by molar-refractivity contribution is 5.54. The average Bonchev–Trinajstić information content (AvgIpc) is 2.05.